The molecule has 2 atom stereocenters. The van der Waals surface area contributed by atoms with Crippen molar-refractivity contribution >= 4 is 0 Å². The van der Waals surface area contributed by atoms with Crippen LogP contribution in [-0.4, -0.2) is 15.2 Å². The molecule has 0 spiro atoms. The van der Waals surface area contributed by atoms with Crippen LogP contribution in [0.2, 0.25) is 0 Å². The first-order chi connectivity index (χ1) is 8.99. The maximum Gasteiger partial charge on any atom is 0.330 e. The summed E-state index contributed by atoms with van der Waals surface area (Å²) in [5.41, 5.74) is 0.254. The minimum atomic E-state index is -0.263. The molecule has 0 radical (unpaired) electrons. The second kappa shape index (κ2) is 5.74. The SMILES string of the molecule is CC1CCCC(NCc2cc(=O)n(C)c(=O)n2C)C1. The van der Waals surface area contributed by atoms with Gasteiger partial charge in [-0.2, -0.15) is 0 Å². The Balaban J connectivity index is 2.08. The van der Waals surface area contributed by atoms with E-state index >= 15 is 0 Å². The summed E-state index contributed by atoms with van der Waals surface area (Å²) in [6, 6.07) is 2.05. The van der Waals surface area contributed by atoms with Crippen molar-refractivity contribution in [3.8, 4) is 0 Å². The number of nitrogens with zero attached hydrogens (tertiary/aromatic N) is 2. The predicted octanol–water partition coefficient (Wildman–Crippen LogP) is 0.752. The average Bonchev–Trinajstić information content (AvgIpc) is 2.39. The molecule has 1 aromatic heterocycles. The molecular weight excluding hydrogens is 242 g/mol. The molecule has 2 unspecified atom stereocenters. The van der Waals surface area contributed by atoms with Crippen LogP contribution in [0.4, 0.5) is 0 Å². The zero-order chi connectivity index (χ0) is 14.0. The van der Waals surface area contributed by atoms with Gasteiger partial charge in [-0.15, -0.1) is 0 Å². The van der Waals surface area contributed by atoms with Crippen LogP contribution >= 0.6 is 0 Å². The van der Waals surface area contributed by atoms with Crippen LogP contribution in [0.25, 0.3) is 0 Å². The minimum Gasteiger partial charge on any atom is -0.308 e. The monoisotopic (exact) mass is 265 g/mol. The van der Waals surface area contributed by atoms with Crippen molar-refractivity contribution in [3.05, 3.63) is 32.6 Å². The van der Waals surface area contributed by atoms with Crippen molar-refractivity contribution in [1.29, 1.82) is 0 Å². The largest absolute Gasteiger partial charge is 0.330 e. The first kappa shape index (κ1) is 14.1. The van der Waals surface area contributed by atoms with Crippen LogP contribution in [0, 0.1) is 5.92 Å². The maximum absolute atomic E-state index is 11.8. The molecule has 0 bridgehead atoms. The highest BCUT2D eigenvalue weighted by Gasteiger charge is 2.18. The van der Waals surface area contributed by atoms with Crippen molar-refractivity contribution in [2.24, 2.45) is 20.0 Å². The zero-order valence-electron chi connectivity index (χ0n) is 12.0. The second-order valence-electron chi connectivity index (χ2n) is 5.72. The highest BCUT2D eigenvalue weighted by molar-refractivity contribution is 5.02. The van der Waals surface area contributed by atoms with Crippen LogP contribution in [0.5, 0.6) is 0 Å². The summed E-state index contributed by atoms with van der Waals surface area (Å²) >= 11 is 0. The third kappa shape index (κ3) is 3.15. The fourth-order valence-corrected chi connectivity index (χ4v) is 2.82. The van der Waals surface area contributed by atoms with E-state index in [1.54, 1.807) is 17.7 Å². The Kier molecular flexibility index (Phi) is 4.24. The molecule has 19 heavy (non-hydrogen) atoms. The number of hydrogen-bond donors (Lipinski definition) is 1. The van der Waals surface area contributed by atoms with Gasteiger partial charge in [-0.3, -0.25) is 13.9 Å². The maximum atomic E-state index is 11.8. The average molecular weight is 265 g/mol. The van der Waals surface area contributed by atoms with Crippen molar-refractivity contribution < 1.29 is 0 Å². The van der Waals surface area contributed by atoms with Crippen molar-refractivity contribution in [3.63, 3.8) is 0 Å². The second-order valence-corrected chi connectivity index (χ2v) is 5.72. The molecule has 5 heteroatoms. The van der Waals surface area contributed by atoms with Gasteiger partial charge in [-0.05, 0) is 18.8 Å². The van der Waals surface area contributed by atoms with Gasteiger partial charge < -0.3 is 5.32 Å². The molecule has 5 nitrogen and oxygen atoms in total. The van der Waals surface area contributed by atoms with E-state index in [0.29, 0.717) is 12.6 Å². The molecule has 106 valence electrons. The first-order valence-electron chi connectivity index (χ1n) is 6.98. The highest BCUT2D eigenvalue weighted by atomic mass is 16.2. The van der Waals surface area contributed by atoms with Crippen LogP contribution in [0.15, 0.2) is 15.7 Å². The van der Waals surface area contributed by atoms with Crippen molar-refractivity contribution in [2.45, 2.75) is 45.2 Å². The summed E-state index contributed by atoms with van der Waals surface area (Å²) < 4.78 is 2.67. The van der Waals surface area contributed by atoms with Gasteiger partial charge >= 0.3 is 5.69 Å². The Labute approximate surface area is 113 Å². The lowest BCUT2D eigenvalue weighted by Crippen LogP contribution is -2.40. The zero-order valence-corrected chi connectivity index (χ0v) is 12.0. The van der Waals surface area contributed by atoms with Crippen LogP contribution < -0.4 is 16.6 Å². The van der Waals surface area contributed by atoms with Gasteiger partial charge in [0.2, 0.25) is 0 Å². The number of nitrogens with one attached hydrogen (secondary N) is 1. The molecule has 2 rings (SSSR count). The van der Waals surface area contributed by atoms with Crippen LogP contribution in [0.3, 0.4) is 0 Å². The summed E-state index contributed by atoms with van der Waals surface area (Å²) in [7, 11) is 3.22. The van der Waals surface area contributed by atoms with E-state index in [0.717, 1.165) is 16.2 Å². The standard InChI is InChI=1S/C14H23N3O2/c1-10-5-4-6-11(7-10)15-9-12-8-13(18)17(3)14(19)16(12)2/h8,10-11,15H,4-7,9H2,1-3H3. The summed E-state index contributed by atoms with van der Waals surface area (Å²) in [6.45, 7) is 2.86. The summed E-state index contributed by atoms with van der Waals surface area (Å²) in [5.74, 6) is 0.763. The van der Waals surface area contributed by atoms with E-state index in [-0.39, 0.29) is 11.2 Å². The van der Waals surface area contributed by atoms with Crippen LogP contribution in [0.1, 0.15) is 38.3 Å². The molecule has 1 fully saturated rings. The predicted molar refractivity (Wildman–Crippen MR) is 75.2 cm³/mol. The molecule has 1 aliphatic carbocycles. The number of rotatable bonds is 3. The first-order valence-corrected chi connectivity index (χ1v) is 6.98. The number of aromatic nitrogens is 2. The number of hydrogen-bond acceptors (Lipinski definition) is 3. The topological polar surface area (TPSA) is 56.0 Å². The summed E-state index contributed by atoms with van der Waals surface area (Å²) in [5, 5.41) is 3.48. The van der Waals surface area contributed by atoms with Crippen molar-refractivity contribution in [2.75, 3.05) is 0 Å². The Morgan fingerprint density at radius 1 is 1.26 bits per heavy atom. The van der Waals surface area contributed by atoms with Gasteiger partial charge in [-0.1, -0.05) is 19.8 Å². The quantitative estimate of drug-likeness (QED) is 0.877. The molecule has 1 aliphatic rings. The third-order valence-corrected chi connectivity index (χ3v) is 4.13. The molecule has 1 heterocycles. The van der Waals surface area contributed by atoms with Gasteiger partial charge in [-0.25, -0.2) is 4.79 Å². The van der Waals surface area contributed by atoms with Gasteiger partial charge in [0.15, 0.2) is 0 Å². The molecule has 0 amide bonds. The summed E-state index contributed by atoms with van der Waals surface area (Å²) in [6.07, 6.45) is 4.93. The Morgan fingerprint density at radius 2 is 2.00 bits per heavy atom. The van der Waals surface area contributed by atoms with Gasteiger partial charge in [0.05, 0.1) is 0 Å². The smallest absolute Gasteiger partial charge is 0.308 e. The molecule has 1 aromatic rings. The molecule has 0 aliphatic heterocycles. The normalized spacial score (nSPS) is 23.5. The van der Waals surface area contributed by atoms with Gasteiger partial charge in [0, 0.05) is 38.4 Å². The van der Waals surface area contributed by atoms with Gasteiger partial charge in [0.25, 0.3) is 5.56 Å². The Morgan fingerprint density at radius 3 is 2.68 bits per heavy atom. The molecule has 1 saturated carbocycles. The third-order valence-electron chi connectivity index (χ3n) is 4.13. The molecule has 1 N–H and O–H groups in total. The Hall–Kier alpha value is -1.36. The molecule has 0 aromatic carbocycles. The fraction of sp³-hybridized carbons (Fsp3) is 0.714. The van der Waals surface area contributed by atoms with E-state index < -0.39 is 0 Å². The van der Waals surface area contributed by atoms with E-state index in [1.807, 2.05) is 0 Å². The van der Waals surface area contributed by atoms with E-state index in [2.05, 4.69) is 12.2 Å². The Bertz CT molecular complexity index is 559. The summed E-state index contributed by atoms with van der Waals surface area (Å²) in [4.78, 5) is 23.4. The van der Waals surface area contributed by atoms with E-state index in [4.69, 9.17) is 0 Å². The minimum absolute atomic E-state index is 0.239. The lowest BCUT2D eigenvalue weighted by atomic mass is 9.87. The lowest BCUT2D eigenvalue weighted by molar-refractivity contribution is 0.298. The van der Waals surface area contributed by atoms with E-state index in [9.17, 15) is 9.59 Å². The van der Waals surface area contributed by atoms with Crippen molar-refractivity contribution in [1.82, 2.24) is 14.5 Å². The lowest BCUT2D eigenvalue weighted by Gasteiger charge is -2.27. The van der Waals surface area contributed by atoms with Crippen LogP contribution in [-0.2, 0) is 20.6 Å². The molecule has 0 saturated heterocycles. The highest BCUT2D eigenvalue weighted by Crippen LogP contribution is 2.23. The molecular formula is C14H23N3O2. The van der Waals surface area contributed by atoms with Gasteiger partial charge in [0.1, 0.15) is 0 Å². The van der Waals surface area contributed by atoms with E-state index in [1.165, 1.54) is 32.7 Å². The fourth-order valence-electron chi connectivity index (χ4n) is 2.82.